The molecule has 2 fully saturated rings. The second kappa shape index (κ2) is 3.93. The van der Waals surface area contributed by atoms with Gasteiger partial charge in [-0.2, -0.15) is 0 Å². The molecule has 2 heterocycles. The Morgan fingerprint density at radius 2 is 2.33 bits per heavy atom. The van der Waals surface area contributed by atoms with Crippen molar-refractivity contribution in [1.29, 1.82) is 0 Å². The Morgan fingerprint density at radius 3 is 2.80 bits per heavy atom. The number of aliphatic hydroxyl groups is 1. The van der Waals surface area contributed by atoms with Crippen molar-refractivity contribution in [1.82, 2.24) is 10.2 Å². The number of carbonyl (C=O) groups is 1. The van der Waals surface area contributed by atoms with E-state index in [0.717, 1.165) is 12.3 Å². The number of rotatable bonds is 2. The molecule has 2 saturated heterocycles. The average molecular weight is 231 g/mol. The fraction of sp³-hybridized carbons (Fsp3) is 0.889. The van der Waals surface area contributed by atoms with Crippen LogP contribution in [0.3, 0.4) is 0 Å². The molecule has 86 valence electrons. The third kappa shape index (κ3) is 1.99. The number of aliphatic hydroxyl groups excluding tert-OH is 1. The topological polar surface area (TPSA) is 78.6 Å². The molecule has 2 aliphatic heterocycles. The predicted octanol–water partition coefficient (Wildman–Crippen LogP) is -1.43. The molecule has 1 spiro atoms. The van der Waals surface area contributed by atoms with Gasteiger partial charge in [-0.15, -0.1) is 11.8 Å². The van der Waals surface area contributed by atoms with Gasteiger partial charge in [0.25, 0.3) is 0 Å². The minimum absolute atomic E-state index is 0.0775. The number of nitrogens with zero attached hydrogens (tertiary/aromatic N) is 1. The summed E-state index contributed by atoms with van der Waals surface area (Å²) in [6.45, 7) is 3.96. The molecule has 5 nitrogen and oxygen atoms in total. The predicted molar refractivity (Wildman–Crippen MR) is 59.4 cm³/mol. The largest absolute Gasteiger partial charge is 0.391 e. The van der Waals surface area contributed by atoms with Gasteiger partial charge in [-0.3, -0.25) is 10.1 Å². The third-order valence-corrected chi connectivity index (χ3v) is 4.30. The van der Waals surface area contributed by atoms with Crippen LogP contribution in [0.2, 0.25) is 0 Å². The van der Waals surface area contributed by atoms with E-state index in [1.54, 1.807) is 11.8 Å². The maximum absolute atomic E-state index is 11.7. The standard InChI is InChI=1S/C9H17N3O2S/c1-6(13)7(10)8(14)12-4-9(5-12)11-2-3-15-9/h6-7,11,13H,2-5,10H2,1H3/t6-,7+/m1/s1. The number of amides is 1. The second-order valence-electron chi connectivity index (χ2n) is 4.23. The van der Waals surface area contributed by atoms with E-state index < -0.39 is 12.1 Å². The Hall–Kier alpha value is -0.300. The maximum atomic E-state index is 11.7. The molecule has 15 heavy (non-hydrogen) atoms. The van der Waals surface area contributed by atoms with Crippen LogP contribution in [0.4, 0.5) is 0 Å². The first-order chi connectivity index (χ1) is 7.04. The number of nitrogens with two attached hydrogens (primary N) is 1. The summed E-state index contributed by atoms with van der Waals surface area (Å²) in [5, 5.41) is 12.6. The quantitative estimate of drug-likeness (QED) is 0.543. The maximum Gasteiger partial charge on any atom is 0.242 e. The fourth-order valence-electron chi connectivity index (χ4n) is 1.92. The first kappa shape index (κ1) is 11.2. The Morgan fingerprint density at radius 1 is 1.67 bits per heavy atom. The van der Waals surface area contributed by atoms with Crippen LogP contribution in [-0.2, 0) is 4.79 Å². The summed E-state index contributed by atoms with van der Waals surface area (Å²) in [5.74, 6) is 0.953. The van der Waals surface area contributed by atoms with Crippen molar-refractivity contribution in [2.45, 2.75) is 23.9 Å². The van der Waals surface area contributed by atoms with Gasteiger partial charge < -0.3 is 15.7 Å². The van der Waals surface area contributed by atoms with Crippen LogP contribution in [-0.4, -0.2) is 58.3 Å². The molecule has 6 heteroatoms. The van der Waals surface area contributed by atoms with Crippen LogP contribution in [0.15, 0.2) is 0 Å². The first-order valence-electron chi connectivity index (χ1n) is 5.15. The number of likely N-dealkylation sites (tertiary alicyclic amines) is 1. The first-order valence-corrected chi connectivity index (χ1v) is 6.14. The molecule has 2 atom stereocenters. The summed E-state index contributed by atoms with van der Waals surface area (Å²) in [5.41, 5.74) is 5.59. The van der Waals surface area contributed by atoms with E-state index in [-0.39, 0.29) is 10.8 Å². The fourth-order valence-corrected chi connectivity index (χ4v) is 3.22. The van der Waals surface area contributed by atoms with E-state index in [2.05, 4.69) is 5.32 Å². The molecule has 2 rings (SSSR count). The van der Waals surface area contributed by atoms with Crippen LogP contribution in [0, 0.1) is 0 Å². The van der Waals surface area contributed by atoms with Crippen molar-refractivity contribution in [3.8, 4) is 0 Å². The molecule has 0 aromatic carbocycles. The van der Waals surface area contributed by atoms with Crippen LogP contribution in [0.5, 0.6) is 0 Å². The SMILES string of the molecule is C[C@@H](O)[C@H](N)C(=O)N1CC2(C1)NCCS2. The zero-order chi connectivity index (χ0) is 11.1. The van der Waals surface area contributed by atoms with Gasteiger partial charge in [0.2, 0.25) is 5.91 Å². The van der Waals surface area contributed by atoms with Crippen LogP contribution in [0.25, 0.3) is 0 Å². The lowest BCUT2D eigenvalue weighted by molar-refractivity contribution is -0.140. The van der Waals surface area contributed by atoms with Gasteiger partial charge in [-0.1, -0.05) is 0 Å². The van der Waals surface area contributed by atoms with Gasteiger partial charge in [-0.25, -0.2) is 0 Å². The lowest BCUT2D eigenvalue weighted by Crippen LogP contribution is -2.69. The van der Waals surface area contributed by atoms with E-state index in [1.165, 1.54) is 0 Å². The van der Waals surface area contributed by atoms with Gasteiger partial charge >= 0.3 is 0 Å². The second-order valence-corrected chi connectivity index (χ2v) is 5.71. The number of thioether (sulfide) groups is 1. The molecule has 0 aromatic rings. The number of nitrogens with one attached hydrogen (secondary N) is 1. The Labute approximate surface area is 93.4 Å². The molecule has 0 bridgehead atoms. The normalized spacial score (nSPS) is 27.5. The zero-order valence-electron chi connectivity index (χ0n) is 8.77. The Balaban J connectivity index is 1.86. The average Bonchev–Trinajstić information content (AvgIpc) is 2.61. The van der Waals surface area contributed by atoms with Gasteiger partial charge in [0.1, 0.15) is 10.9 Å². The van der Waals surface area contributed by atoms with Crippen molar-refractivity contribution in [2.75, 3.05) is 25.4 Å². The van der Waals surface area contributed by atoms with E-state index in [4.69, 9.17) is 5.73 Å². The van der Waals surface area contributed by atoms with Crippen molar-refractivity contribution >= 4 is 17.7 Å². The summed E-state index contributed by atoms with van der Waals surface area (Å²) in [6.07, 6.45) is -0.779. The summed E-state index contributed by atoms with van der Waals surface area (Å²) in [4.78, 5) is 13.5. The summed E-state index contributed by atoms with van der Waals surface area (Å²) >= 11 is 1.86. The minimum atomic E-state index is -0.784. The van der Waals surface area contributed by atoms with E-state index in [0.29, 0.717) is 13.1 Å². The van der Waals surface area contributed by atoms with Crippen LogP contribution in [0.1, 0.15) is 6.92 Å². The molecule has 4 N–H and O–H groups in total. The number of hydrogen-bond donors (Lipinski definition) is 3. The molecule has 0 aliphatic carbocycles. The Kier molecular flexibility index (Phi) is 2.94. The lowest BCUT2D eigenvalue weighted by atomic mass is 10.0. The van der Waals surface area contributed by atoms with Crippen molar-refractivity contribution in [2.24, 2.45) is 5.73 Å². The molecule has 1 amide bonds. The van der Waals surface area contributed by atoms with Crippen molar-refractivity contribution < 1.29 is 9.90 Å². The highest BCUT2D eigenvalue weighted by Crippen LogP contribution is 2.36. The molecule has 0 aromatic heterocycles. The van der Waals surface area contributed by atoms with E-state index >= 15 is 0 Å². The van der Waals surface area contributed by atoms with Crippen molar-refractivity contribution in [3.05, 3.63) is 0 Å². The third-order valence-electron chi connectivity index (χ3n) is 2.94. The highest BCUT2D eigenvalue weighted by molar-refractivity contribution is 8.01. The zero-order valence-corrected chi connectivity index (χ0v) is 9.59. The Bertz CT molecular complexity index is 258. The van der Waals surface area contributed by atoms with E-state index in [1.807, 2.05) is 11.8 Å². The highest BCUT2D eigenvalue weighted by atomic mass is 32.2. The molecular weight excluding hydrogens is 214 g/mol. The van der Waals surface area contributed by atoms with Crippen LogP contribution < -0.4 is 11.1 Å². The monoisotopic (exact) mass is 231 g/mol. The minimum Gasteiger partial charge on any atom is -0.391 e. The molecule has 0 saturated carbocycles. The van der Waals surface area contributed by atoms with Gasteiger partial charge in [0, 0.05) is 12.3 Å². The highest BCUT2D eigenvalue weighted by Gasteiger charge is 2.48. The summed E-state index contributed by atoms with van der Waals surface area (Å²) in [6, 6.07) is -0.784. The summed E-state index contributed by atoms with van der Waals surface area (Å²) < 4.78 is 0. The van der Waals surface area contributed by atoms with Gasteiger partial charge in [0.15, 0.2) is 0 Å². The lowest BCUT2D eigenvalue weighted by Gasteiger charge is -2.48. The van der Waals surface area contributed by atoms with E-state index in [9.17, 15) is 9.90 Å². The van der Waals surface area contributed by atoms with Crippen molar-refractivity contribution in [3.63, 3.8) is 0 Å². The van der Waals surface area contributed by atoms with Gasteiger partial charge in [0.05, 0.1) is 19.2 Å². The molecule has 0 radical (unpaired) electrons. The molecular formula is C9H17N3O2S. The molecule has 0 unspecified atom stereocenters. The van der Waals surface area contributed by atoms with Gasteiger partial charge in [-0.05, 0) is 6.92 Å². The number of carbonyl (C=O) groups excluding carboxylic acids is 1. The summed E-state index contributed by atoms with van der Waals surface area (Å²) in [7, 11) is 0. The molecule has 2 aliphatic rings. The smallest absolute Gasteiger partial charge is 0.242 e. The van der Waals surface area contributed by atoms with Crippen LogP contribution >= 0.6 is 11.8 Å². The number of hydrogen-bond acceptors (Lipinski definition) is 5.